The van der Waals surface area contributed by atoms with Gasteiger partial charge in [0.25, 0.3) is 0 Å². The van der Waals surface area contributed by atoms with E-state index in [9.17, 15) is 4.79 Å². The summed E-state index contributed by atoms with van der Waals surface area (Å²) in [5, 5.41) is 11.5. The SMILES string of the molecule is CN(CCO)C(=O)Nc1ccc(Oc2cccc(Br)c2)nc1. The van der Waals surface area contributed by atoms with Crippen LogP contribution in [0.1, 0.15) is 0 Å². The highest BCUT2D eigenvalue weighted by atomic mass is 79.9. The van der Waals surface area contributed by atoms with Gasteiger partial charge in [0, 0.05) is 24.1 Å². The third-order valence-corrected chi connectivity index (χ3v) is 3.28. The molecule has 0 aliphatic carbocycles. The zero-order valence-electron chi connectivity index (χ0n) is 12.0. The number of likely N-dealkylation sites (N-methyl/N-ethyl adjacent to an activating group) is 1. The Morgan fingerprint density at radius 2 is 2.23 bits per heavy atom. The van der Waals surface area contributed by atoms with Crippen molar-refractivity contribution in [2.75, 3.05) is 25.5 Å². The van der Waals surface area contributed by atoms with Crippen LogP contribution in [0, 0.1) is 0 Å². The van der Waals surface area contributed by atoms with Gasteiger partial charge >= 0.3 is 6.03 Å². The van der Waals surface area contributed by atoms with E-state index in [2.05, 4.69) is 26.2 Å². The van der Waals surface area contributed by atoms with Gasteiger partial charge in [0.1, 0.15) is 5.75 Å². The normalized spacial score (nSPS) is 10.1. The molecule has 2 aromatic rings. The molecule has 1 aromatic carbocycles. The Labute approximate surface area is 136 Å². The van der Waals surface area contributed by atoms with Gasteiger partial charge < -0.3 is 20.1 Å². The first-order chi connectivity index (χ1) is 10.6. The first kappa shape index (κ1) is 16.3. The Bertz CT molecular complexity index is 634. The molecule has 22 heavy (non-hydrogen) atoms. The van der Waals surface area contributed by atoms with Crippen molar-refractivity contribution in [3.05, 3.63) is 47.1 Å². The molecule has 0 saturated carbocycles. The summed E-state index contributed by atoms with van der Waals surface area (Å²) < 4.78 is 6.53. The molecule has 2 N–H and O–H groups in total. The van der Waals surface area contributed by atoms with Crippen LogP contribution in [0.3, 0.4) is 0 Å². The number of hydrogen-bond donors (Lipinski definition) is 2. The summed E-state index contributed by atoms with van der Waals surface area (Å²) in [5.41, 5.74) is 0.552. The second-order valence-corrected chi connectivity index (χ2v) is 5.44. The lowest BCUT2D eigenvalue weighted by Crippen LogP contribution is -2.33. The molecule has 7 heteroatoms. The Hall–Kier alpha value is -2.12. The Morgan fingerprint density at radius 1 is 1.41 bits per heavy atom. The Kier molecular flexibility index (Phi) is 5.74. The monoisotopic (exact) mass is 365 g/mol. The molecule has 0 aliphatic heterocycles. The summed E-state index contributed by atoms with van der Waals surface area (Å²) in [6.07, 6.45) is 1.51. The minimum absolute atomic E-state index is 0.0818. The molecule has 0 spiro atoms. The molecule has 2 rings (SSSR count). The Balaban J connectivity index is 1.97. The van der Waals surface area contributed by atoms with Crippen molar-refractivity contribution >= 4 is 27.6 Å². The highest BCUT2D eigenvalue weighted by molar-refractivity contribution is 9.10. The second kappa shape index (κ2) is 7.77. The molecular formula is C15H16BrN3O3. The molecule has 2 amide bonds. The van der Waals surface area contributed by atoms with Crippen LogP contribution >= 0.6 is 15.9 Å². The second-order valence-electron chi connectivity index (χ2n) is 4.52. The molecule has 0 aliphatic rings. The molecule has 0 bridgehead atoms. The largest absolute Gasteiger partial charge is 0.439 e. The van der Waals surface area contributed by atoms with Crippen LogP contribution in [-0.4, -0.2) is 41.2 Å². The number of aliphatic hydroxyl groups is 1. The highest BCUT2D eigenvalue weighted by Crippen LogP contribution is 2.23. The molecule has 0 saturated heterocycles. The smallest absolute Gasteiger partial charge is 0.321 e. The number of carbonyl (C=O) groups excluding carboxylic acids is 1. The van der Waals surface area contributed by atoms with Crippen LogP contribution in [0.25, 0.3) is 0 Å². The van der Waals surface area contributed by atoms with Crippen LogP contribution in [-0.2, 0) is 0 Å². The van der Waals surface area contributed by atoms with E-state index in [1.165, 1.54) is 11.1 Å². The maximum Gasteiger partial charge on any atom is 0.321 e. The van der Waals surface area contributed by atoms with E-state index in [1.807, 2.05) is 24.3 Å². The number of aliphatic hydroxyl groups excluding tert-OH is 1. The number of hydrogen-bond acceptors (Lipinski definition) is 4. The third-order valence-electron chi connectivity index (χ3n) is 2.79. The summed E-state index contributed by atoms with van der Waals surface area (Å²) in [6, 6.07) is 10.5. The maximum absolute atomic E-state index is 11.8. The molecule has 0 fully saturated rings. The molecule has 1 aromatic heterocycles. The number of benzene rings is 1. The van der Waals surface area contributed by atoms with Gasteiger partial charge in [-0.15, -0.1) is 0 Å². The number of anilines is 1. The topological polar surface area (TPSA) is 74.7 Å². The van der Waals surface area contributed by atoms with Gasteiger partial charge in [-0.25, -0.2) is 9.78 Å². The number of ether oxygens (including phenoxy) is 1. The summed E-state index contributed by atoms with van der Waals surface area (Å²) in [6.45, 7) is 0.185. The molecular weight excluding hydrogens is 350 g/mol. The van der Waals surface area contributed by atoms with Gasteiger partial charge in [0.05, 0.1) is 18.5 Å². The summed E-state index contributed by atoms with van der Waals surface area (Å²) in [4.78, 5) is 17.3. The van der Waals surface area contributed by atoms with E-state index in [4.69, 9.17) is 9.84 Å². The van der Waals surface area contributed by atoms with Crippen molar-refractivity contribution in [1.82, 2.24) is 9.88 Å². The van der Waals surface area contributed by atoms with E-state index in [0.717, 1.165) is 4.47 Å². The number of urea groups is 1. The lowest BCUT2D eigenvalue weighted by atomic mass is 10.3. The maximum atomic E-state index is 11.8. The van der Waals surface area contributed by atoms with Gasteiger partial charge in [-0.3, -0.25) is 0 Å². The van der Waals surface area contributed by atoms with Crippen molar-refractivity contribution in [3.8, 4) is 11.6 Å². The average molecular weight is 366 g/mol. The van der Waals surface area contributed by atoms with Crippen molar-refractivity contribution < 1.29 is 14.6 Å². The zero-order chi connectivity index (χ0) is 15.9. The number of nitrogens with one attached hydrogen (secondary N) is 1. The van der Waals surface area contributed by atoms with Crippen molar-refractivity contribution in [1.29, 1.82) is 0 Å². The van der Waals surface area contributed by atoms with Gasteiger partial charge in [-0.1, -0.05) is 22.0 Å². The van der Waals surface area contributed by atoms with Gasteiger partial charge in [0.15, 0.2) is 0 Å². The quantitative estimate of drug-likeness (QED) is 0.853. The van der Waals surface area contributed by atoms with E-state index < -0.39 is 0 Å². The van der Waals surface area contributed by atoms with E-state index in [-0.39, 0.29) is 19.2 Å². The van der Waals surface area contributed by atoms with E-state index >= 15 is 0 Å². The molecule has 0 unspecified atom stereocenters. The predicted octanol–water partition coefficient (Wildman–Crippen LogP) is 3.09. The number of amides is 2. The van der Waals surface area contributed by atoms with Gasteiger partial charge in [0.2, 0.25) is 5.88 Å². The molecule has 116 valence electrons. The molecule has 6 nitrogen and oxygen atoms in total. The van der Waals surface area contributed by atoms with Crippen LogP contribution in [0.2, 0.25) is 0 Å². The van der Waals surface area contributed by atoms with Crippen LogP contribution in [0.15, 0.2) is 47.1 Å². The minimum atomic E-state index is -0.309. The number of rotatable bonds is 5. The standard InChI is InChI=1S/C15H16BrN3O3/c1-19(7-8-20)15(21)18-12-5-6-14(17-10-12)22-13-4-2-3-11(16)9-13/h2-6,9-10,20H,7-8H2,1H3,(H,18,21). The number of halogens is 1. The number of nitrogens with zero attached hydrogens (tertiary/aromatic N) is 2. The van der Waals surface area contributed by atoms with Crippen LogP contribution < -0.4 is 10.1 Å². The fourth-order valence-corrected chi connectivity index (χ4v) is 2.01. The number of pyridine rings is 1. The van der Waals surface area contributed by atoms with Crippen LogP contribution in [0.5, 0.6) is 11.6 Å². The first-order valence-corrected chi connectivity index (χ1v) is 7.40. The third kappa shape index (κ3) is 4.71. The Morgan fingerprint density at radius 3 is 2.86 bits per heavy atom. The number of aromatic nitrogens is 1. The zero-order valence-corrected chi connectivity index (χ0v) is 13.6. The van der Waals surface area contributed by atoms with Gasteiger partial charge in [-0.05, 0) is 24.3 Å². The van der Waals surface area contributed by atoms with Gasteiger partial charge in [-0.2, -0.15) is 0 Å². The summed E-state index contributed by atoms with van der Waals surface area (Å²) >= 11 is 3.37. The van der Waals surface area contributed by atoms with Crippen molar-refractivity contribution in [3.63, 3.8) is 0 Å². The lowest BCUT2D eigenvalue weighted by molar-refractivity contribution is 0.202. The molecule has 1 heterocycles. The summed E-state index contributed by atoms with van der Waals surface area (Å²) in [5.74, 6) is 1.10. The molecule has 0 atom stereocenters. The first-order valence-electron chi connectivity index (χ1n) is 6.61. The van der Waals surface area contributed by atoms with Crippen molar-refractivity contribution in [2.24, 2.45) is 0 Å². The van der Waals surface area contributed by atoms with Crippen molar-refractivity contribution in [2.45, 2.75) is 0 Å². The van der Waals surface area contributed by atoms with Crippen LogP contribution in [0.4, 0.5) is 10.5 Å². The summed E-state index contributed by atoms with van der Waals surface area (Å²) in [7, 11) is 1.60. The fourth-order valence-electron chi connectivity index (χ4n) is 1.64. The number of carbonyl (C=O) groups is 1. The average Bonchev–Trinajstić information content (AvgIpc) is 2.49. The lowest BCUT2D eigenvalue weighted by Gasteiger charge is -2.16. The van der Waals surface area contributed by atoms with E-state index in [1.54, 1.807) is 19.2 Å². The highest BCUT2D eigenvalue weighted by Gasteiger charge is 2.08. The molecule has 0 radical (unpaired) electrons. The predicted molar refractivity (Wildman–Crippen MR) is 87.2 cm³/mol. The minimum Gasteiger partial charge on any atom is -0.439 e. The van der Waals surface area contributed by atoms with E-state index in [0.29, 0.717) is 17.3 Å². The fraction of sp³-hybridized carbons (Fsp3) is 0.200.